The molecule has 0 bridgehead atoms. The van der Waals surface area contributed by atoms with Crippen molar-refractivity contribution >= 4 is 79.0 Å². The SMILES string of the molecule is C=C/C=C(\C=N)c1cc(C(=C)/C=C\C=N)nc(-n2c3ccccc3c3cc4c5c(c32)CCc2cc3c6ccccc6n(-c6cc(-c7cccnc7)cc(/C(C=N)=C/CN)n6)c3c(c2-5)CC4)c1. The molecule has 0 atom stereocenters. The molecule has 2 aliphatic rings. The lowest BCUT2D eigenvalue weighted by Gasteiger charge is -2.31. The molecule has 0 aliphatic heterocycles. The van der Waals surface area contributed by atoms with Crippen molar-refractivity contribution in [2.24, 2.45) is 5.73 Å². The van der Waals surface area contributed by atoms with Gasteiger partial charge < -0.3 is 22.0 Å². The van der Waals surface area contributed by atoms with Crippen LogP contribution in [0.1, 0.15) is 39.2 Å². The lowest BCUT2D eigenvalue weighted by atomic mass is 9.74. The van der Waals surface area contributed by atoms with Crippen molar-refractivity contribution in [3.05, 3.63) is 192 Å². The van der Waals surface area contributed by atoms with Crippen LogP contribution < -0.4 is 5.73 Å². The number of hydrogen-bond donors (Lipinski definition) is 4. The molecule has 66 heavy (non-hydrogen) atoms. The van der Waals surface area contributed by atoms with Gasteiger partial charge in [-0.2, -0.15) is 0 Å². The number of pyridine rings is 3. The first-order valence-electron chi connectivity index (χ1n) is 22.2. The number of nitrogens with zero attached hydrogens (tertiary/aromatic N) is 5. The molecule has 0 fully saturated rings. The van der Waals surface area contributed by atoms with E-state index in [1.54, 1.807) is 24.4 Å². The van der Waals surface area contributed by atoms with Gasteiger partial charge in [-0.15, -0.1) is 0 Å². The fourth-order valence-electron chi connectivity index (χ4n) is 10.4. The van der Waals surface area contributed by atoms with E-state index in [2.05, 4.69) is 106 Å². The van der Waals surface area contributed by atoms with Crippen molar-refractivity contribution in [1.29, 1.82) is 16.2 Å². The van der Waals surface area contributed by atoms with Crippen LogP contribution in [-0.4, -0.2) is 49.3 Å². The molecular formula is C57H45N9. The number of benzene rings is 4. The van der Waals surface area contributed by atoms with E-state index in [0.717, 1.165) is 81.5 Å². The average molecular weight is 856 g/mol. The molecule has 0 saturated carbocycles. The van der Waals surface area contributed by atoms with E-state index in [-0.39, 0.29) is 6.54 Å². The van der Waals surface area contributed by atoms with Gasteiger partial charge in [-0.25, -0.2) is 9.97 Å². The van der Waals surface area contributed by atoms with Crippen LogP contribution in [0.25, 0.3) is 94.2 Å². The van der Waals surface area contributed by atoms with Gasteiger partial charge in [0.25, 0.3) is 0 Å². The predicted octanol–water partition coefficient (Wildman–Crippen LogP) is 12.0. The van der Waals surface area contributed by atoms with Crippen molar-refractivity contribution in [3.63, 3.8) is 0 Å². The molecular weight excluding hydrogens is 811 g/mol. The number of aryl methyl sites for hydroxylation is 4. The third-order valence-corrected chi connectivity index (χ3v) is 13.2. The molecule has 9 nitrogen and oxygen atoms in total. The Kier molecular flexibility index (Phi) is 9.97. The van der Waals surface area contributed by atoms with Gasteiger partial charge in [0.05, 0.1) is 33.5 Å². The molecule has 4 aromatic carbocycles. The molecule has 5 heterocycles. The Morgan fingerprint density at radius 1 is 0.667 bits per heavy atom. The number of aromatic nitrogens is 5. The number of rotatable bonds is 12. The first-order chi connectivity index (χ1) is 32.4. The Morgan fingerprint density at radius 2 is 1.29 bits per heavy atom. The highest BCUT2D eigenvalue weighted by Gasteiger charge is 2.33. The van der Waals surface area contributed by atoms with Crippen LogP contribution in [0, 0.1) is 16.2 Å². The molecule has 11 rings (SSSR count). The van der Waals surface area contributed by atoms with E-state index in [1.807, 2.05) is 36.5 Å². The van der Waals surface area contributed by atoms with Crippen molar-refractivity contribution in [2.45, 2.75) is 25.7 Å². The second-order valence-electron chi connectivity index (χ2n) is 16.8. The molecule has 9 aromatic rings. The van der Waals surface area contributed by atoms with Gasteiger partial charge in [-0.05, 0) is 142 Å². The number of allylic oxidation sites excluding steroid dienone is 7. The van der Waals surface area contributed by atoms with Gasteiger partial charge in [-0.3, -0.25) is 14.1 Å². The maximum atomic E-state index is 8.36. The second kappa shape index (κ2) is 16.3. The Hall–Kier alpha value is -8.40. The zero-order valence-corrected chi connectivity index (χ0v) is 36.3. The number of fused-ring (bicyclic) bond motifs is 8. The molecule has 0 unspecified atom stereocenters. The highest BCUT2D eigenvalue weighted by atomic mass is 15.1. The molecule has 0 amide bonds. The first-order valence-corrected chi connectivity index (χ1v) is 22.2. The van der Waals surface area contributed by atoms with Crippen LogP contribution in [0.4, 0.5) is 0 Å². The molecule has 318 valence electrons. The Morgan fingerprint density at radius 3 is 1.86 bits per heavy atom. The third-order valence-electron chi connectivity index (χ3n) is 13.2. The summed E-state index contributed by atoms with van der Waals surface area (Å²) in [6.07, 6.45) is 19.9. The van der Waals surface area contributed by atoms with Crippen LogP contribution in [0.15, 0.2) is 153 Å². The Labute approximate surface area is 381 Å². The van der Waals surface area contributed by atoms with Gasteiger partial charge >= 0.3 is 0 Å². The van der Waals surface area contributed by atoms with Crippen molar-refractivity contribution in [3.8, 4) is 33.9 Å². The normalized spacial score (nSPS) is 13.5. The van der Waals surface area contributed by atoms with Gasteiger partial charge in [0.2, 0.25) is 0 Å². The minimum atomic E-state index is 0.288. The summed E-state index contributed by atoms with van der Waals surface area (Å²) in [6.45, 7) is 8.55. The monoisotopic (exact) mass is 855 g/mol. The summed E-state index contributed by atoms with van der Waals surface area (Å²) in [6, 6.07) is 34.3. The van der Waals surface area contributed by atoms with Gasteiger partial charge in [0.15, 0.2) is 0 Å². The van der Waals surface area contributed by atoms with E-state index >= 15 is 0 Å². The summed E-state index contributed by atoms with van der Waals surface area (Å²) >= 11 is 0. The Bertz CT molecular complexity index is 3670. The van der Waals surface area contributed by atoms with E-state index in [0.29, 0.717) is 28.1 Å². The molecule has 5 N–H and O–H groups in total. The topological polar surface area (TPSA) is 146 Å². The largest absolute Gasteiger partial charge is 0.327 e. The molecule has 0 saturated heterocycles. The van der Waals surface area contributed by atoms with Gasteiger partial charge in [0.1, 0.15) is 11.6 Å². The highest BCUT2D eigenvalue weighted by Crippen LogP contribution is 2.51. The molecule has 2 aliphatic carbocycles. The lowest BCUT2D eigenvalue weighted by molar-refractivity contribution is 0.881. The standard InChI is InChI=1S/C57H45N9/c1-3-10-37(31-60)40-27-48(34(2)11-8-22-58)63-52(29-40)65-50-15-6-4-13-42(50)46-25-35-18-20-45-55-36(17-19-44(54(35)55)56(46)65)26-47-43-14-5-7-16-51(43)66(57(45)47)53-30-41(39-12-9-24-62-33-39)28-49(64-53)38(32-61)21-23-59/h3-16,21-22,24-33,58,60-61H,1-2,17-20,23,59H2/b11-8-,37-10+,38-21+,58-22?,60-31?,61-32?. The highest BCUT2D eigenvalue weighted by molar-refractivity contribution is 6.16. The van der Waals surface area contributed by atoms with Crippen LogP contribution in [-0.2, 0) is 25.7 Å². The maximum Gasteiger partial charge on any atom is 0.138 e. The summed E-state index contributed by atoms with van der Waals surface area (Å²) in [4.78, 5) is 15.1. The molecule has 9 heteroatoms. The van der Waals surface area contributed by atoms with Crippen molar-refractivity contribution in [1.82, 2.24) is 24.1 Å². The average Bonchev–Trinajstić information content (AvgIpc) is 3.88. The van der Waals surface area contributed by atoms with E-state index in [9.17, 15) is 0 Å². The Balaban J connectivity index is 1.22. The minimum Gasteiger partial charge on any atom is -0.327 e. The third kappa shape index (κ3) is 6.35. The molecule has 0 radical (unpaired) electrons. The van der Waals surface area contributed by atoms with Crippen molar-refractivity contribution in [2.75, 3.05) is 6.54 Å². The number of nitrogens with two attached hydrogens (primary N) is 1. The van der Waals surface area contributed by atoms with E-state index < -0.39 is 0 Å². The number of para-hydroxylation sites is 2. The minimum absolute atomic E-state index is 0.288. The number of nitrogens with one attached hydrogen (secondary N) is 3. The second-order valence-corrected chi connectivity index (χ2v) is 16.8. The van der Waals surface area contributed by atoms with Gasteiger partial charge in [-0.1, -0.05) is 79.9 Å². The smallest absolute Gasteiger partial charge is 0.138 e. The zero-order valence-electron chi connectivity index (χ0n) is 36.3. The van der Waals surface area contributed by atoms with E-state index in [1.165, 1.54) is 68.2 Å². The number of hydrogen-bond acceptors (Lipinski definition) is 7. The zero-order chi connectivity index (χ0) is 45.1. The summed E-state index contributed by atoms with van der Waals surface area (Å²) in [5.74, 6) is 1.50. The summed E-state index contributed by atoms with van der Waals surface area (Å²) < 4.78 is 4.66. The predicted molar refractivity (Wildman–Crippen MR) is 274 cm³/mol. The van der Waals surface area contributed by atoms with Gasteiger partial charge in [0, 0.05) is 70.3 Å². The fraction of sp³-hybridized carbons (Fsp3) is 0.0877. The summed E-state index contributed by atoms with van der Waals surface area (Å²) in [5, 5.41) is 29.1. The summed E-state index contributed by atoms with van der Waals surface area (Å²) in [5.41, 5.74) is 24.5. The van der Waals surface area contributed by atoms with E-state index in [4.69, 9.17) is 31.9 Å². The molecule has 5 aromatic heterocycles. The van der Waals surface area contributed by atoms with Crippen LogP contribution in [0.3, 0.4) is 0 Å². The molecule has 0 spiro atoms. The van der Waals surface area contributed by atoms with Crippen molar-refractivity contribution < 1.29 is 0 Å². The lowest BCUT2D eigenvalue weighted by Crippen LogP contribution is -2.16. The van der Waals surface area contributed by atoms with Crippen LogP contribution in [0.5, 0.6) is 0 Å². The summed E-state index contributed by atoms with van der Waals surface area (Å²) in [7, 11) is 0. The first kappa shape index (κ1) is 40.4. The van der Waals surface area contributed by atoms with Crippen LogP contribution >= 0.6 is 0 Å². The van der Waals surface area contributed by atoms with Crippen LogP contribution in [0.2, 0.25) is 0 Å². The quantitative estimate of drug-likeness (QED) is 0.0716. The fourth-order valence-corrected chi connectivity index (χ4v) is 10.4. The maximum absolute atomic E-state index is 8.36.